The molecule has 8 rings (SSSR count). The average Bonchev–Trinajstić information content (AvgIpc) is 3.78. The van der Waals surface area contributed by atoms with Crippen LogP contribution in [0.3, 0.4) is 0 Å². The molecule has 0 radical (unpaired) electrons. The van der Waals surface area contributed by atoms with Gasteiger partial charge >= 0.3 is 12.1 Å². The highest BCUT2D eigenvalue weighted by molar-refractivity contribution is 6.31. The molecule has 6 aromatic carbocycles. The SMILES string of the molecule is CC(C)(C)OC(=O)c1ccc(C(c2ccccc2)c2ccc(C(=O)[C@H](Cc3c[nH]c4ccccc34)NC(=O)OCC3c4ccccc4-c4ccccc43)cc2)c(Cl)c1. The minimum Gasteiger partial charge on any atom is -0.456 e. The molecule has 0 bridgehead atoms. The molecular formula is C50H43ClN2O5. The van der Waals surface area contributed by atoms with Crippen molar-refractivity contribution in [1.29, 1.82) is 0 Å². The highest BCUT2D eigenvalue weighted by atomic mass is 35.5. The molecule has 0 aliphatic heterocycles. The minimum atomic E-state index is -0.916. The van der Waals surface area contributed by atoms with Gasteiger partial charge in [-0.25, -0.2) is 9.59 Å². The number of esters is 1. The van der Waals surface area contributed by atoms with Crippen LogP contribution in [0.25, 0.3) is 22.0 Å². The average molecular weight is 787 g/mol. The first-order chi connectivity index (χ1) is 28.0. The Labute approximate surface area is 343 Å². The zero-order chi connectivity index (χ0) is 40.4. The molecule has 2 N–H and O–H groups in total. The van der Waals surface area contributed by atoms with Crippen molar-refractivity contribution in [3.05, 3.63) is 201 Å². The number of amides is 1. The van der Waals surface area contributed by atoms with Gasteiger partial charge in [-0.05, 0) is 83.5 Å². The van der Waals surface area contributed by atoms with Crippen LogP contribution in [0, 0.1) is 0 Å². The molecule has 2 atom stereocenters. The molecule has 0 spiro atoms. The Bertz CT molecular complexity index is 2580. The standard InChI is InChI=1S/C50H43ClN2O5/c1-50(2,3)58-48(55)34-25-26-41(43(51)27-34)46(31-13-5-4-6-14-31)32-21-23-33(24-22-32)47(54)45(28-35-29-52-44-20-12-11-15-36(35)44)53-49(56)57-30-42-39-18-9-7-16-37(39)38-17-8-10-19-40(38)42/h4-27,29,42,45-46,52H,28,30H2,1-3H3,(H,53,56)/t45-,46?/m0/s1. The first-order valence-electron chi connectivity index (χ1n) is 19.4. The molecule has 7 nitrogen and oxygen atoms in total. The Kier molecular flexibility index (Phi) is 10.7. The fourth-order valence-electron chi connectivity index (χ4n) is 7.98. The van der Waals surface area contributed by atoms with E-state index < -0.39 is 23.7 Å². The van der Waals surface area contributed by atoms with Gasteiger partial charge in [0.15, 0.2) is 5.78 Å². The lowest BCUT2D eigenvalue weighted by Crippen LogP contribution is -2.43. The molecule has 1 unspecified atom stereocenters. The van der Waals surface area contributed by atoms with Gasteiger partial charge in [0.2, 0.25) is 0 Å². The van der Waals surface area contributed by atoms with Crippen LogP contribution >= 0.6 is 11.6 Å². The van der Waals surface area contributed by atoms with E-state index in [1.165, 1.54) is 0 Å². The summed E-state index contributed by atoms with van der Waals surface area (Å²) in [7, 11) is 0. The third-order valence-corrected chi connectivity index (χ3v) is 11.0. The highest BCUT2D eigenvalue weighted by Crippen LogP contribution is 2.44. The molecule has 1 aromatic heterocycles. The van der Waals surface area contributed by atoms with Crippen molar-refractivity contribution >= 4 is 40.3 Å². The molecule has 1 aliphatic carbocycles. The zero-order valence-corrected chi connectivity index (χ0v) is 33.3. The highest BCUT2D eigenvalue weighted by Gasteiger charge is 2.31. The van der Waals surface area contributed by atoms with Gasteiger partial charge in [0.05, 0.1) is 11.6 Å². The summed E-state index contributed by atoms with van der Waals surface area (Å²) in [5, 5.41) is 4.33. The number of nitrogens with one attached hydrogen (secondary N) is 2. The van der Waals surface area contributed by atoms with Crippen LogP contribution in [0.2, 0.25) is 5.02 Å². The topological polar surface area (TPSA) is 97.5 Å². The molecule has 1 amide bonds. The smallest absolute Gasteiger partial charge is 0.407 e. The Hall–Kier alpha value is -6.44. The van der Waals surface area contributed by atoms with Gasteiger partial charge in [0.25, 0.3) is 0 Å². The quantitative estimate of drug-likeness (QED) is 0.0773. The lowest BCUT2D eigenvalue weighted by atomic mass is 9.84. The number of carbonyl (C=O) groups is 3. The van der Waals surface area contributed by atoms with Crippen LogP contribution in [0.15, 0.2) is 152 Å². The molecule has 8 heteroatoms. The van der Waals surface area contributed by atoms with E-state index in [2.05, 4.69) is 34.6 Å². The fraction of sp³-hybridized carbons (Fsp3) is 0.180. The number of para-hydroxylation sites is 1. The maximum Gasteiger partial charge on any atom is 0.407 e. The number of Topliss-reactive ketones (excluding diaryl/α,β-unsaturated/α-hetero) is 1. The van der Waals surface area contributed by atoms with Gasteiger partial charge in [0.1, 0.15) is 12.2 Å². The summed E-state index contributed by atoms with van der Waals surface area (Å²) in [6.07, 6.45) is 1.47. The van der Waals surface area contributed by atoms with Crippen molar-refractivity contribution in [2.75, 3.05) is 6.61 Å². The van der Waals surface area contributed by atoms with Crippen LogP contribution in [0.4, 0.5) is 4.79 Å². The number of hydrogen-bond donors (Lipinski definition) is 2. The number of benzene rings is 6. The van der Waals surface area contributed by atoms with E-state index in [0.29, 0.717) is 16.1 Å². The second-order valence-electron chi connectivity index (χ2n) is 15.7. The monoisotopic (exact) mass is 786 g/mol. The van der Waals surface area contributed by atoms with Crippen LogP contribution in [-0.2, 0) is 15.9 Å². The van der Waals surface area contributed by atoms with Crippen molar-refractivity contribution in [2.45, 2.75) is 50.7 Å². The van der Waals surface area contributed by atoms with E-state index in [4.69, 9.17) is 21.1 Å². The molecule has 0 saturated heterocycles. The number of ketones is 1. The summed E-state index contributed by atoms with van der Waals surface area (Å²) in [5.41, 5.74) is 9.17. The summed E-state index contributed by atoms with van der Waals surface area (Å²) >= 11 is 6.92. The Morgan fingerprint density at radius 3 is 2.00 bits per heavy atom. The molecule has 0 saturated carbocycles. The fourth-order valence-corrected chi connectivity index (χ4v) is 8.26. The summed E-state index contributed by atoms with van der Waals surface area (Å²) in [5.74, 6) is -1.12. The van der Waals surface area contributed by atoms with Crippen molar-refractivity contribution < 1.29 is 23.9 Å². The van der Waals surface area contributed by atoms with Crippen molar-refractivity contribution in [3.63, 3.8) is 0 Å². The van der Waals surface area contributed by atoms with E-state index in [1.54, 1.807) is 24.3 Å². The van der Waals surface area contributed by atoms with E-state index in [9.17, 15) is 14.4 Å². The summed E-state index contributed by atoms with van der Waals surface area (Å²) < 4.78 is 11.5. The molecule has 58 heavy (non-hydrogen) atoms. The third-order valence-electron chi connectivity index (χ3n) is 10.7. The van der Waals surface area contributed by atoms with Crippen LogP contribution < -0.4 is 5.32 Å². The van der Waals surface area contributed by atoms with E-state index >= 15 is 0 Å². The normalized spacial score (nSPS) is 13.3. The summed E-state index contributed by atoms with van der Waals surface area (Å²) in [6.45, 7) is 5.60. The second kappa shape index (κ2) is 16.2. The van der Waals surface area contributed by atoms with Gasteiger partial charge in [-0.2, -0.15) is 0 Å². The number of aromatic amines is 1. The Morgan fingerprint density at radius 2 is 1.33 bits per heavy atom. The summed E-state index contributed by atoms with van der Waals surface area (Å²) in [4.78, 5) is 44.3. The zero-order valence-electron chi connectivity index (χ0n) is 32.5. The molecule has 0 fully saturated rings. The van der Waals surface area contributed by atoms with E-state index in [1.807, 2.05) is 124 Å². The van der Waals surface area contributed by atoms with Gasteiger partial charge in [-0.15, -0.1) is 0 Å². The molecular weight excluding hydrogens is 744 g/mol. The number of rotatable bonds is 11. The molecule has 290 valence electrons. The number of alkyl carbamates (subject to hydrolysis) is 1. The van der Waals surface area contributed by atoms with E-state index in [0.717, 1.165) is 55.4 Å². The molecule has 1 aliphatic rings. The lowest BCUT2D eigenvalue weighted by Gasteiger charge is -2.23. The van der Waals surface area contributed by atoms with Crippen LogP contribution in [0.1, 0.15) is 86.7 Å². The largest absolute Gasteiger partial charge is 0.456 e. The van der Waals surface area contributed by atoms with Crippen molar-refractivity contribution in [1.82, 2.24) is 10.3 Å². The number of aromatic nitrogens is 1. The van der Waals surface area contributed by atoms with Crippen LogP contribution in [-0.4, -0.2) is 41.1 Å². The lowest BCUT2D eigenvalue weighted by molar-refractivity contribution is 0.00693. The minimum absolute atomic E-state index is 0.118. The first kappa shape index (κ1) is 38.4. The van der Waals surface area contributed by atoms with Gasteiger partial charge < -0.3 is 19.8 Å². The number of H-pyrrole nitrogens is 1. The predicted octanol–water partition coefficient (Wildman–Crippen LogP) is 11.3. The first-order valence-corrected chi connectivity index (χ1v) is 19.8. The summed E-state index contributed by atoms with van der Waals surface area (Å²) in [6, 6.07) is 45.9. The second-order valence-corrected chi connectivity index (χ2v) is 16.1. The van der Waals surface area contributed by atoms with Crippen molar-refractivity contribution in [3.8, 4) is 11.1 Å². The Morgan fingerprint density at radius 1 is 0.724 bits per heavy atom. The number of fused-ring (bicyclic) bond motifs is 4. The van der Waals surface area contributed by atoms with Gasteiger partial charge in [-0.3, -0.25) is 4.79 Å². The van der Waals surface area contributed by atoms with E-state index in [-0.39, 0.29) is 30.6 Å². The third kappa shape index (κ3) is 8.04. The molecule has 1 heterocycles. The Balaban J connectivity index is 1.06. The molecule has 7 aromatic rings. The predicted molar refractivity (Wildman–Crippen MR) is 229 cm³/mol. The number of hydrogen-bond acceptors (Lipinski definition) is 5. The maximum absolute atomic E-state index is 14.5. The maximum atomic E-state index is 14.5. The van der Waals surface area contributed by atoms with Gasteiger partial charge in [-0.1, -0.05) is 139 Å². The van der Waals surface area contributed by atoms with Gasteiger partial charge in [0, 0.05) is 45.9 Å². The number of halogens is 1. The number of ether oxygens (including phenoxy) is 2. The van der Waals surface area contributed by atoms with Crippen molar-refractivity contribution in [2.24, 2.45) is 0 Å². The number of carbonyl (C=O) groups excluding carboxylic acids is 3. The van der Waals surface area contributed by atoms with Crippen LogP contribution in [0.5, 0.6) is 0 Å².